The Morgan fingerprint density at radius 3 is 2.79 bits per heavy atom. The molecule has 0 fully saturated rings. The number of hydrogen-bond acceptors (Lipinski definition) is 3. The summed E-state index contributed by atoms with van der Waals surface area (Å²) in [5.74, 6) is 0. The smallest absolute Gasteiger partial charge is 0.272 e. The quantitative estimate of drug-likeness (QED) is 0.896. The van der Waals surface area contributed by atoms with Crippen molar-refractivity contribution < 1.29 is 0 Å². The highest BCUT2D eigenvalue weighted by molar-refractivity contribution is 9.10. The first-order valence-corrected chi connectivity index (χ1v) is 7.58. The van der Waals surface area contributed by atoms with Gasteiger partial charge in [-0.05, 0) is 37.1 Å². The predicted molar refractivity (Wildman–Crippen MR) is 83.9 cm³/mol. The zero-order chi connectivity index (χ0) is 14.0. The van der Waals surface area contributed by atoms with Crippen molar-refractivity contribution in [1.29, 1.82) is 0 Å². The first-order chi connectivity index (χ1) is 9.02. The van der Waals surface area contributed by atoms with Gasteiger partial charge in [-0.1, -0.05) is 40.7 Å². The van der Waals surface area contributed by atoms with Gasteiger partial charge < -0.3 is 10.7 Å². The van der Waals surface area contributed by atoms with E-state index >= 15 is 0 Å². The lowest BCUT2D eigenvalue weighted by Crippen LogP contribution is -2.16. The molecule has 0 aliphatic heterocycles. The Balaban J connectivity index is 2.53. The molecule has 0 amide bonds. The molecule has 1 aromatic carbocycles. The first-order valence-electron chi connectivity index (χ1n) is 5.97. The highest BCUT2D eigenvalue weighted by Gasteiger charge is 2.13. The minimum Gasteiger partial charge on any atom is -0.393 e. The van der Waals surface area contributed by atoms with Crippen LogP contribution in [0.5, 0.6) is 0 Å². The highest BCUT2D eigenvalue weighted by atomic mass is 79.9. The second kappa shape index (κ2) is 5.84. The highest BCUT2D eigenvalue weighted by Crippen LogP contribution is 2.35. The Hall–Kier alpha value is -1.20. The number of H-pyrrole nitrogens is 1. The van der Waals surface area contributed by atoms with Gasteiger partial charge in [0.1, 0.15) is 5.69 Å². The Kier molecular flexibility index (Phi) is 4.37. The minimum absolute atomic E-state index is 0.216. The molecule has 1 heterocycles. The standard InChI is InChI=1S/C14H15BrN2OS/c1-3-11-8(2)17-14(18)12(16)13(11)19-10-6-4-5-9(15)7-10/h4-7H,3,16H2,1-2H3,(H,17,18). The van der Waals surface area contributed by atoms with Gasteiger partial charge in [0.25, 0.3) is 5.56 Å². The maximum atomic E-state index is 11.8. The van der Waals surface area contributed by atoms with E-state index in [2.05, 4.69) is 27.8 Å². The van der Waals surface area contributed by atoms with Crippen molar-refractivity contribution in [3.05, 3.63) is 50.3 Å². The third-order valence-corrected chi connectivity index (χ3v) is 4.54. The van der Waals surface area contributed by atoms with Crippen molar-refractivity contribution in [2.24, 2.45) is 0 Å². The van der Waals surface area contributed by atoms with E-state index in [0.717, 1.165) is 31.9 Å². The number of aromatic amines is 1. The van der Waals surface area contributed by atoms with Crippen LogP contribution in [0.15, 0.2) is 43.3 Å². The molecule has 2 aromatic rings. The SMILES string of the molecule is CCc1c(C)[nH]c(=O)c(N)c1Sc1cccc(Br)c1. The van der Waals surface area contributed by atoms with E-state index in [1.54, 1.807) is 0 Å². The van der Waals surface area contributed by atoms with Gasteiger partial charge in [0.15, 0.2) is 0 Å². The monoisotopic (exact) mass is 338 g/mol. The van der Waals surface area contributed by atoms with Gasteiger partial charge in [-0.15, -0.1) is 0 Å². The van der Waals surface area contributed by atoms with E-state index < -0.39 is 0 Å². The molecule has 100 valence electrons. The third kappa shape index (κ3) is 3.04. The van der Waals surface area contributed by atoms with E-state index in [0.29, 0.717) is 5.69 Å². The van der Waals surface area contributed by atoms with Gasteiger partial charge >= 0.3 is 0 Å². The van der Waals surface area contributed by atoms with Crippen LogP contribution >= 0.6 is 27.7 Å². The van der Waals surface area contributed by atoms with Crippen LogP contribution in [0.25, 0.3) is 0 Å². The van der Waals surface area contributed by atoms with E-state index in [4.69, 9.17) is 5.73 Å². The third-order valence-electron chi connectivity index (χ3n) is 2.89. The molecule has 0 aliphatic rings. The molecule has 19 heavy (non-hydrogen) atoms. The summed E-state index contributed by atoms with van der Waals surface area (Å²) in [5, 5.41) is 0. The van der Waals surface area contributed by atoms with Crippen molar-refractivity contribution in [2.45, 2.75) is 30.1 Å². The number of pyridine rings is 1. The summed E-state index contributed by atoms with van der Waals surface area (Å²) in [6.45, 7) is 3.97. The summed E-state index contributed by atoms with van der Waals surface area (Å²) < 4.78 is 1.01. The lowest BCUT2D eigenvalue weighted by atomic mass is 10.1. The van der Waals surface area contributed by atoms with Gasteiger partial charge in [-0.2, -0.15) is 0 Å². The molecule has 0 saturated heterocycles. The van der Waals surface area contributed by atoms with Gasteiger partial charge in [0.2, 0.25) is 0 Å². The number of nitrogens with one attached hydrogen (secondary N) is 1. The normalized spacial score (nSPS) is 10.7. The first kappa shape index (κ1) is 14.2. The van der Waals surface area contributed by atoms with E-state index in [-0.39, 0.29) is 5.56 Å². The van der Waals surface area contributed by atoms with Gasteiger partial charge in [-0.3, -0.25) is 4.79 Å². The molecule has 0 spiro atoms. The van der Waals surface area contributed by atoms with Crippen LogP contribution in [-0.4, -0.2) is 4.98 Å². The molecule has 0 bridgehead atoms. The number of hydrogen-bond donors (Lipinski definition) is 2. The topological polar surface area (TPSA) is 58.9 Å². The lowest BCUT2D eigenvalue weighted by Gasteiger charge is -2.13. The van der Waals surface area contributed by atoms with Crippen LogP contribution in [0.3, 0.4) is 0 Å². The molecule has 3 N–H and O–H groups in total. The van der Waals surface area contributed by atoms with Crippen molar-refractivity contribution in [1.82, 2.24) is 4.98 Å². The molecule has 0 saturated carbocycles. The summed E-state index contributed by atoms with van der Waals surface area (Å²) in [5.41, 5.74) is 8.01. The molecule has 3 nitrogen and oxygen atoms in total. The fourth-order valence-electron chi connectivity index (χ4n) is 1.94. The van der Waals surface area contributed by atoms with Crippen LogP contribution < -0.4 is 11.3 Å². The van der Waals surface area contributed by atoms with Gasteiger partial charge in [-0.25, -0.2) is 0 Å². The largest absolute Gasteiger partial charge is 0.393 e. The molecule has 5 heteroatoms. The number of aryl methyl sites for hydroxylation is 1. The maximum absolute atomic E-state index is 11.8. The molecule has 0 unspecified atom stereocenters. The van der Waals surface area contributed by atoms with Crippen LogP contribution in [-0.2, 0) is 6.42 Å². The molecule has 0 atom stereocenters. The number of aromatic nitrogens is 1. The molecular weight excluding hydrogens is 324 g/mol. The van der Waals surface area contributed by atoms with Gasteiger partial charge in [0.05, 0.1) is 0 Å². The second-order valence-electron chi connectivity index (χ2n) is 4.21. The van der Waals surface area contributed by atoms with Crippen molar-refractivity contribution >= 4 is 33.4 Å². The van der Waals surface area contributed by atoms with E-state index in [1.807, 2.05) is 31.2 Å². The molecule has 0 aliphatic carbocycles. The average molecular weight is 339 g/mol. The minimum atomic E-state index is -0.216. The molecular formula is C14H15BrN2OS. The molecule has 0 radical (unpaired) electrons. The van der Waals surface area contributed by atoms with Gasteiger partial charge in [0, 0.05) is 20.0 Å². The zero-order valence-electron chi connectivity index (χ0n) is 10.8. The average Bonchev–Trinajstić information content (AvgIpc) is 2.36. The summed E-state index contributed by atoms with van der Waals surface area (Å²) in [7, 11) is 0. The fourth-order valence-corrected chi connectivity index (χ4v) is 3.68. The number of nitrogen functional groups attached to an aromatic ring is 1. The van der Waals surface area contributed by atoms with Crippen molar-refractivity contribution in [2.75, 3.05) is 5.73 Å². The Morgan fingerprint density at radius 2 is 2.16 bits per heavy atom. The second-order valence-corrected chi connectivity index (χ2v) is 6.21. The van der Waals surface area contributed by atoms with Crippen LogP contribution in [0, 0.1) is 6.92 Å². The number of benzene rings is 1. The fraction of sp³-hybridized carbons (Fsp3) is 0.214. The summed E-state index contributed by atoms with van der Waals surface area (Å²) >= 11 is 4.98. The Bertz CT molecular complexity index is 667. The van der Waals surface area contributed by atoms with Crippen LogP contribution in [0.2, 0.25) is 0 Å². The maximum Gasteiger partial charge on any atom is 0.272 e. The number of anilines is 1. The number of nitrogens with two attached hydrogens (primary N) is 1. The summed E-state index contributed by atoms with van der Waals surface area (Å²) in [6.07, 6.45) is 0.836. The van der Waals surface area contributed by atoms with E-state index in [9.17, 15) is 4.79 Å². The zero-order valence-corrected chi connectivity index (χ0v) is 13.2. The van der Waals surface area contributed by atoms with Crippen LogP contribution in [0.1, 0.15) is 18.2 Å². The van der Waals surface area contributed by atoms with Crippen molar-refractivity contribution in [3.8, 4) is 0 Å². The number of rotatable bonds is 3. The number of halogens is 1. The molecule has 1 aromatic heterocycles. The lowest BCUT2D eigenvalue weighted by molar-refractivity contribution is 0.981. The summed E-state index contributed by atoms with van der Waals surface area (Å²) in [6, 6.07) is 7.95. The van der Waals surface area contributed by atoms with E-state index in [1.165, 1.54) is 11.8 Å². The Morgan fingerprint density at radius 1 is 1.42 bits per heavy atom. The predicted octanol–water partition coefficient (Wildman–Crippen LogP) is 3.74. The van der Waals surface area contributed by atoms with Crippen molar-refractivity contribution in [3.63, 3.8) is 0 Å². The summed E-state index contributed by atoms with van der Waals surface area (Å²) in [4.78, 5) is 16.5. The Labute approximate surface area is 124 Å². The molecule has 2 rings (SSSR count). The van der Waals surface area contributed by atoms with Crippen LogP contribution in [0.4, 0.5) is 5.69 Å².